The van der Waals surface area contributed by atoms with E-state index < -0.39 is 5.97 Å². The molecule has 0 aliphatic rings. The molecule has 9 heavy (non-hydrogen) atoms. The van der Waals surface area contributed by atoms with Gasteiger partial charge in [0, 0.05) is 10.7 Å². The van der Waals surface area contributed by atoms with Crippen LogP contribution in [0, 0.1) is 0 Å². The highest BCUT2D eigenvalue weighted by Crippen LogP contribution is 2.21. The molecule has 0 unspecified atom stereocenters. The van der Waals surface area contributed by atoms with Gasteiger partial charge in [-0.25, -0.2) is 0 Å². The summed E-state index contributed by atoms with van der Waals surface area (Å²) in [5.74, 6) is -0.734. The average molecular weight is 195 g/mol. The number of carboxylic acids is 1. The lowest BCUT2D eigenvalue weighted by Gasteiger charge is -2.12. The lowest BCUT2D eigenvalue weighted by Crippen LogP contribution is -2.11. The normalized spacial score (nSPS) is 11.4. The van der Waals surface area contributed by atoms with Gasteiger partial charge in [-0.05, 0) is 6.42 Å². The van der Waals surface area contributed by atoms with Crippen LogP contribution in [0.4, 0.5) is 0 Å². The van der Waals surface area contributed by atoms with Crippen molar-refractivity contribution in [2.45, 2.75) is 31.0 Å². The quantitative estimate of drug-likeness (QED) is 0.699. The van der Waals surface area contributed by atoms with Crippen LogP contribution in [0.25, 0.3) is 0 Å². The van der Waals surface area contributed by atoms with Crippen LogP contribution in [0.2, 0.25) is 0 Å². The highest BCUT2D eigenvalue weighted by atomic mass is 79.9. The third-order valence-electron chi connectivity index (χ3n) is 0.933. The Morgan fingerprint density at radius 3 is 2.22 bits per heavy atom. The monoisotopic (exact) mass is 194 g/mol. The van der Waals surface area contributed by atoms with Gasteiger partial charge < -0.3 is 5.11 Å². The summed E-state index contributed by atoms with van der Waals surface area (Å²) in [6.07, 6.45) is 0.903. The molecular weight excluding hydrogens is 184 g/mol. The molecule has 0 saturated heterocycles. The van der Waals surface area contributed by atoms with E-state index in [0.29, 0.717) is 6.42 Å². The molecule has 0 fully saturated rings. The van der Waals surface area contributed by atoms with Crippen LogP contribution >= 0.6 is 15.9 Å². The van der Waals surface area contributed by atoms with Gasteiger partial charge in [0.15, 0.2) is 0 Å². The summed E-state index contributed by atoms with van der Waals surface area (Å²) in [6, 6.07) is 0. The Hall–Kier alpha value is -0.0500. The summed E-state index contributed by atoms with van der Waals surface area (Å²) in [5, 5.41) is 8.26. The van der Waals surface area contributed by atoms with Gasteiger partial charge in [0.05, 0.1) is 0 Å². The summed E-state index contributed by atoms with van der Waals surface area (Å²) >= 11 is 3.34. The highest BCUT2D eigenvalue weighted by molar-refractivity contribution is 9.10. The minimum atomic E-state index is -0.734. The molecule has 0 aromatic carbocycles. The van der Waals surface area contributed by atoms with Crippen molar-refractivity contribution in [2.75, 3.05) is 0 Å². The zero-order valence-electron chi connectivity index (χ0n) is 5.65. The number of carbonyl (C=O) groups is 1. The predicted octanol–water partition coefficient (Wildman–Crippen LogP) is 2.02. The van der Waals surface area contributed by atoms with Crippen molar-refractivity contribution in [3.8, 4) is 0 Å². The molecule has 0 aromatic heterocycles. The Morgan fingerprint density at radius 2 is 2.11 bits per heavy atom. The Bertz CT molecular complexity index is 104. The first-order chi connectivity index (χ1) is 3.92. The number of rotatable bonds is 3. The molecule has 0 heterocycles. The maximum atomic E-state index is 10.0. The summed E-state index contributed by atoms with van der Waals surface area (Å²) in [6.45, 7) is 3.91. The first kappa shape index (κ1) is 8.95. The standard InChI is InChI=1S/C6H11BrO2/c1-6(2,7)4-3-5(8)9/h3-4H2,1-2H3,(H,8,9). The molecule has 0 atom stereocenters. The van der Waals surface area contributed by atoms with E-state index in [0.717, 1.165) is 0 Å². The van der Waals surface area contributed by atoms with Crippen LogP contribution < -0.4 is 0 Å². The molecular formula is C6H11BrO2. The zero-order chi connectivity index (χ0) is 7.49. The van der Waals surface area contributed by atoms with Gasteiger partial charge in [-0.15, -0.1) is 0 Å². The van der Waals surface area contributed by atoms with Crippen molar-refractivity contribution in [1.29, 1.82) is 0 Å². The van der Waals surface area contributed by atoms with Gasteiger partial charge in [-0.2, -0.15) is 0 Å². The Kier molecular flexibility index (Phi) is 3.18. The van der Waals surface area contributed by atoms with E-state index in [2.05, 4.69) is 15.9 Å². The lowest BCUT2D eigenvalue weighted by molar-refractivity contribution is -0.137. The number of hydrogen-bond donors (Lipinski definition) is 1. The highest BCUT2D eigenvalue weighted by Gasteiger charge is 2.13. The first-order valence-corrected chi connectivity index (χ1v) is 3.62. The molecule has 2 nitrogen and oxygen atoms in total. The predicted molar refractivity (Wildman–Crippen MR) is 39.9 cm³/mol. The molecule has 0 aliphatic carbocycles. The van der Waals surface area contributed by atoms with E-state index in [1.807, 2.05) is 13.8 Å². The Morgan fingerprint density at radius 1 is 1.67 bits per heavy atom. The van der Waals surface area contributed by atoms with Crippen LogP contribution in [-0.4, -0.2) is 15.4 Å². The summed E-state index contributed by atoms with van der Waals surface area (Å²) in [5.41, 5.74) is 0. The van der Waals surface area contributed by atoms with Crippen molar-refractivity contribution in [3.05, 3.63) is 0 Å². The number of aliphatic carboxylic acids is 1. The van der Waals surface area contributed by atoms with Crippen molar-refractivity contribution >= 4 is 21.9 Å². The summed E-state index contributed by atoms with van der Waals surface area (Å²) in [7, 11) is 0. The molecule has 0 amide bonds. The molecule has 54 valence electrons. The molecule has 0 radical (unpaired) electrons. The number of alkyl halides is 1. The fourth-order valence-electron chi connectivity index (χ4n) is 0.404. The van der Waals surface area contributed by atoms with Crippen LogP contribution in [-0.2, 0) is 4.79 Å². The second-order valence-corrected chi connectivity index (χ2v) is 4.76. The number of carboxylic acid groups (broad SMARTS) is 1. The third-order valence-corrected chi connectivity index (χ3v) is 1.33. The summed E-state index contributed by atoms with van der Waals surface area (Å²) < 4.78 is -0.0363. The summed E-state index contributed by atoms with van der Waals surface area (Å²) in [4.78, 5) is 10.0. The maximum Gasteiger partial charge on any atom is 0.303 e. The molecule has 0 aliphatic heterocycles. The van der Waals surface area contributed by atoms with E-state index in [9.17, 15) is 4.79 Å². The van der Waals surface area contributed by atoms with Gasteiger partial charge >= 0.3 is 5.97 Å². The maximum absolute atomic E-state index is 10.0. The van der Waals surface area contributed by atoms with Crippen LogP contribution in [0.15, 0.2) is 0 Å². The van der Waals surface area contributed by atoms with Crippen LogP contribution in [0.1, 0.15) is 26.7 Å². The van der Waals surface area contributed by atoms with Gasteiger partial charge in [0.2, 0.25) is 0 Å². The van der Waals surface area contributed by atoms with E-state index in [4.69, 9.17) is 5.11 Å². The second-order valence-electron chi connectivity index (χ2n) is 2.61. The van der Waals surface area contributed by atoms with Gasteiger partial charge in [-0.3, -0.25) is 4.79 Å². The Labute approximate surface area is 63.4 Å². The molecule has 3 heteroatoms. The van der Waals surface area contributed by atoms with Crippen molar-refractivity contribution in [2.24, 2.45) is 0 Å². The van der Waals surface area contributed by atoms with E-state index in [1.54, 1.807) is 0 Å². The zero-order valence-corrected chi connectivity index (χ0v) is 7.23. The fraction of sp³-hybridized carbons (Fsp3) is 0.833. The van der Waals surface area contributed by atoms with Crippen molar-refractivity contribution < 1.29 is 9.90 Å². The van der Waals surface area contributed by atoms with E-state index >= 15 is 0 Å². The SMILES string of the molecule is CC(C)(Br)CCC(=O)O. The first-order valence-electron chi connectivity index (χ1n) is 2.82. The fourth-order valence-corrected chi connectivity index (χ4v) is 0.602. The van der Waals surface area contributed by atoms with E-state index in [1.165, 1.54) is 0 Å². The smallest absolute Gasteiger partial charge is 0.303 e. The number of halogens is 1. The average Bonchev–Trinajstić information content (AvgIpc) is 1.59. The second kappa shape index (κ2) is 3.20. The van der Waals surface area contributed by atoms with Crippen molar-refractivity contribution in [3.63, 3.8) is 0 Å². The van der Waals surface area contributed by atoms with Crippen LogP contribution in [0.5, 0.6) is 0 Å². The minimum absolute atomic E-state index is 0.0363. The van der Waals surface area contributed by atoms with Crippen molar-refractivity contribution in [1.82, 2.24) is 0 Å². The lowest BCUT2D eigenvalue weighted by atomic mass is 10.1. The molecule has 0 saturated carbocycles. The molecule has 0 aromatic rings. The minimum Gasteiger partial charge on any atom is -0.481 e. The van der Waals surface area contributed by atoms with Gasteiger partial charge in [0.25, 0.3) is 0 Å². The molecule has 0 rings (SSSR count). The number of hydrogen-bond acceptors (Lipinski definition) is 1. The van der Waals surface area contributed by atoms with Crippen LogP contribution in [0.3, 0.4) is 0 Å². The third kappa shape index (κ3) is 7.95. The van der Waals surface area contributed by atoms with E-state index in [-0.39, 0.29) is 10.7 Å². The molecule has 0 bridgehead atoms. The largest absolute Gasteiger partial charge is 0.481 e. The molecule has 0 spiro atoms. The Balaban J connectivity index is 3.39. The molecule has 1 N–H and O–H groups in total. The topological polar surface area (TPSA) is 37.3 Å². The van der Waals surface area contributed by atoms with Gasteiger partial charge in [-0.1, -0.05) is 29.8 Å². The van der Waals surface area contributed by atoms with Gasteiger partial charge in [0.1, 0.15) is 0 Å².